The van der Waals surface area contributed by atoms with Crippen LogP contribution in [0.1, 0.15) is 38.2 Å². The Labute approximate surface area is 124 Å². The fourth-order valence-corrected chi connectivity index (χ4v) is 2.66. The number of halogens is 1. The summed E-state index contributed by atoms with van der Waals surface area (Å²) in [5.41, 5.74) is 0.892. The fourth-order valence-electron chi connectivity index (χ4n) is 2.43. The number of rotatable bonds is 5. The van der Waals surface area contributed by atoms with Crippen LogP contribution in [0.25, 0.3) is 0 Å². The predicted octanol–water partition coefficient (Wildman–Crippen LogP) is 2.51. The molecule has 6 heteroatoms. The van der Waals surface area contributed by atoms with Crippen molar-refractivity contribution in [2.45, 2.75) is 39.0 Å². The largest absolute Gasteiger partial charge is 0.361 e. The maximum Gasteiger partial charge on any atom is 0.241 e. The third-order valence-corrected chi connectivity index (χ3v) is 3.83. The SMILES string of the molecule is CCCc1c(Cl)ncnc1NCC(=O)N1CCCCC1. The number of nitrogens with zero attached hydrogens (tertiary/aromatic N) is 3. The zero-order chi connectivity index (χ0) is 14.4. The highest BCUT2D eigenvalue weighted by Gasteiger charge is 2.17. The summed E-state index contributed by atoms with van der Waals surface area (Å²) in [5, 5.41) is 3.58. The summed E-state index contributed by atoms with van der Waals surface area (Å²) in [5.74, 6) is 0.805. The molecule has 0 atom stereocenters. The van der Waals surface area contributed by atoms with Crippen LogP contribution in [0.2, 0.25) is 5.15 Å². The van der Waals surface area contributed by atoms with Crippen molar-refractivity contribution in [2.24, 2.45) is 0 Å². The zero-order valence-corrected chi connectivity index (χ0v) is 12.6. The number of hydrogen-bond acceptors (Lipinski definition) is 4. The van der Waals surface area contributed by atoms with Gasteiger partial charge in [0.1, 0.15) is 17.3 Å². The van der Waals surface area contributed by atoms with E-state index < -0.39 is 0 Å². The first-order valence-corrected chi connectivity index (χ1v) is 7.61. The van der Waals surface area contributed by atoms with Crippen LogP contribution in [0, 0.1) is 0 Å². The summed E-state index contributed by atoms with van der Waals surface area (Å²) < 4.78 is 0. The first-order valence-electron chi connectivity index (χ1n) is 7.23. The van der Waals surface area contributed by atoms with Crippen molar-refractivity contribution in [1.29, 1.82) is 0 Å². The maximum atomic E-state index is 12.1. The van der Waals surface area contributed by atoms with E-state index in [2.05, 4.69) is 22.2 Å². The van der Waals surface area contributed by atoms with Gasteiger partial charge in [-0.2, -0.15) is 0 Å². The summed E-state index contributed by atoms with van der Waals surface area (Å²) in [4.78, 5) is 22.2. The Morgan fingerprint density at radius 2 is 2.10 bits per heavy atom. The second kappa shape index (κ2) is 7.43. The highest BCUT2D eigenvalue weighted by molar-refractivity contribution is 6.30. The molecule has 20 heavy (non-hydrogen) atoms. The molecule has 0 aromatic carbocycles. The lowest BCUT2D eigenvalue weighted by Crippen LogP contribution is -2.39. The van der Waals surface area contributed by atoms with Gasteiger partial charge in [-0.1, -0.05) is 24.9 Å². The smallest absolute Gasteiger partial charge is 0.241 e. The first kappa shape index (κ1) is 15.0. The molecule has 1 fully saturated rings. The summed E-state index contributed by atoms with van der Waals surface area (Å²) in [7, 11) is 0. The molecule has 1 saturated heterocycles. The van der Waals surface area contributed by atoms with E-state index in [1.165, 1.54) is 12.7 Å². The molecule has 0 radical (unpaired) electrons. The van der Waals surface area contributed by atoms with Crippen molar-refractivity contribution < 1.29 is 4.79 Å². The van der Waals surface area contributed by atoms with Crippen LogP contribution >= 0.6 is 11.6 Å². The predicted molar refractivity (Wildman–Crippen MR) is 80.0 cm³/mol. The lowest BCUT2D eigenvalue weighted by molar-refractivity contribution is -0.130. The van der Waals surface area contributed by atoms with Gasteiger partial charge in [-0.3, -0.25) is 4.79 Å². The Kier molecular flexibility index (Phi) is 5.59. The van der Waals surface area contributed by atoms with E-state index in [1.54, 1.807) is 0 Å². The average Bonchev–Trinajstić information content (AvgIpc) is 2.48. The van der Waals surface area contributed by atoms with E-state index in [-0.39, 0.29) is 12.5 Å². The van der Waals surface area contributed by atoms with Gasteiger partial charge in [0.15, 0.2) is 0 Å². The van der Waals surface area contributed by atoms with Gasteiger partial charge in [0.25, 0.3) is 0 Å². The lowest BCUT2D eigenvalue weighted by atomic mass is 10.1. The quantitative estimate of drug-likeness (QED) is 0.848. The molecule has 1 aliphatic heterocycles. The number of piperidine rings is 1. The summed E-state index contributed by atoms with van der Waals surface area (Å²) in [6.45, 7) is 4.08. The minimum atomic E-state index is 0.127. The number of amides is 1. The van der Waals surface area contributed by atoms with Crippen LogP contribution in [0.3, 0.4) is 0 Å². The molecule has 1 aliphatic rings. The molecular weight excluding hydrogens is 276 g/mol. The monoisotopic (exact) mass is 296 g/mol. The highest BCUT2D eigenvalue weighted by atomic mass is 35.5. The van der Waals surface area contributed by atoms with E-state index in [1.807, 2.05) is 4.90 Å². The van der Waals surface area contributed by atoms with Gasteiger partial charge in [0.2, 0.25) is 5.91 Å². The first-order chi connectivity index (χ1) is 9.72. The molecule has 1 aromatic rings. The molecule has 5 nitrogen and oxygen atoms in total. The van der Waals surface area contributed by atoms with Gasteiger partial charge < -0.3 is 10.2 Å². The number of nitrogens with one attached hydrogen (secondary N) is 1. The molecule has 0 saturated carbocycles. The molecule has 0 spiro atoms. The summed E-state index contributed by atoms with van der Waals surface area (Å²) in [6.07, 6.45) is 6.62. The fraction of sp³-hybridized carbons (Fsp3) is 0.643. The van der Waals surface area contributed by atoms with E-state index >= 15 is 0 Å². The van der Waals surface area contributed by atoms with Crippen molar-refractivity contribution in [3.63, 3.8) is 0 Å². The minimum Gasteiger partial charge on any atom is -0.361 e. The van der Waals surface area contributed by atoms with Crippen LogP contribution < -0.4 is 5.32 Å². The molecular formula is C14H21ClN4O. The van der Waals surface area contributed by atoms with Gasteiger partial charge in [-0.25, -0.2) is 9.97 Å². The lowest BCUT2D eigenvalue weighted by Gasteiger charge is -2.27. The van der Waals surface area contributed by atoms with Crippen LogP contribution in [0.5, 0.6) is 0 Å². The van der Waals surface area contributed by atoms with E-state index in [0.717, 1.165) is 44.3 Å². The molecule has 2 heterocycles. The van der Waals surface area contributed by atoms with E-state index in [9.17, 15) is 4.79 Å². The molecule has 0 bridgehead atoms. The van der Waals surface area contributed by atoms with Crippen molar-refractivity contribution in [3.05, 3.63) is 17.0 Å². The summed E-state index contributed by atoms with van der Waals surface area (Å²) >= 11 is 6.09. The normalized spacial score (nSPS) is 15.2. The van der Waals surface area contributed by atoms with Crippen molar-refractivity contribution in [2.75, 3.05) is 25.0 Å². The molecule has 0 aliphatic carbocycles. The zero-order valence-electron chi connectivity index (χ0n) is 11.9. The molecule has 1 aromatic heterocycles. The highest BCUT2D eigenvalue weighted by Crippen LogP contribution is 2.21. The molecule has 110 valence electrons. The maximum absolute atomic E-state index is 12.1. The standard InChI is InChI=1S/C14H21ClN4O/c1-2-6-11-13(15)17-10-18-14(11)16-9-12(20)19-7-4-3-5-8-19/h10H,2-9H2,1H3,(H,16,17,18). The number of anilines is 1. The number of likely N-dealkylation sites (tertiary alicyclic amines) is 1. The Morgan fingerprint density at radius 3 is 2.80 bits per heavy atom. The van der Waals surface area contributed by atoms with Gasteiger partial charge in [0.05, 0.1) is 6.54 Å². The van der Waals surface area contributed by atoms with Crippen LogP contribution in [0.4, 0.5) is 5.82 Å². The number of carbonyl (C=O) groups is 1. The van der Waals surface area contributed by atoms with Crippen molar-refractivity contribution >= 4 is 23.3 Å². The van der Waals surface area contributed by atoms with Gasteiger partial charge in [-0.15, -0.1) is 0 Å². The van der Waals surface area contributed by atoms with Gasteiger partial charge in [0, 0.05) is 18.7 Å². The Morgan fingerprint density at radius 1 is 1.35 bits per heavy atom. The average molecular weight is 297 g/mol. The molecule has 1 amide bonds. The second-order valence-electron chi connectivity index (χ2n) is 5.04. The topological polar surface area (TPSA) is 58.1 Å². The molecule has 0 unspecified atom stereocenters. The Hall–Kier alpha value is -1.36. The van der Waals surface area contributed by atoms with Crippen molar-refractivity contribution in [1.82, 2.24) is 14.9 Å². The van der Waals surface area contributed by atoms with E-state index in [4.69, 9.17) is 11.6 Å². The van der Waals surface area contributed by atoms with Crippen LogP contribution in [-0.4, -0.2) is 40.4 Å². The molecule has 1 N–H and O–H groups in total. The third kappa shape index (κ3) is 3.82. The van der Waals surface area contributed by atoms with Gasteiger partial charge >= 0.3 is 0 Å². The summed E-state index contributed by atoms with van der Waals surface area (Å²) in [6, 6.07) is 0. The van der Waals surface area contributed by atoms with Crippen LogP contribution in [-0.2, 0) is 11.2 Å². The third-order valence-electron chi connectivity index (χ3n) is 3.51. The second-order valence-corrected chi connectivity index (χ2v) is 5.39. The Bertz CT molecular complexity index is 460. The number of aromatic nitrogens is 2. The number of hydrogen-bond donors (Lipinski definition) is 1. The molecule has 2 rings (SSSR count). The Balaban J connectivity index is 1.96. The van der Waals surface area contributed by atoms with Crippen molar-refractivity contribution in [3.8, 4) is 0 Å². The van der Waals surface area contributed by atoms with Gasteiger partial charge in [-0.05, 0) is 25.7 Å². The van der Waals surface area contributed by atoms with Crippen LogP contribution in [0.15, 0.2) is 6.33 Å². The minimum absolute atomic E-state index is 0.127. The van der Waals surface area contributed by atoms with E-state index in [0.29, 0.717) is 11.0 Å². The number of carbonyl (C=O) groups excluding carboxylic acids is 1.